The van der Waals surface area contributed by atoms with Crippen molar-refractivity contribution >= 4 is 5.91 Å². The lowest BCUT2D eigenvalue weighted by molar-refractivity contribution is -0.127. The summed E-state index contributed by atoms with van der Waals surface area (Å²) in [6.07, 6.45) is 0.392. The molecule has 0 radical (unpaired) electrons. The molecule has 0 aliphatic carbocycles. The third-order valence-electron chi connectivity index (χ3n) is 1.58. The average Bonchev–Trinajstić information content (AvgIpc) is 1.80. The maximum Gasteiger partial charge on any atom is 0.219 e. The molecule has 0 aliphatic rings. The van der Waals surface area contributed by atoms with Gasteiger partial charge in [0.05, 0.1) is 0 Å². The molecule has 0 saturated heterocycles. The zero-order valence-electron chi connectivity index (χ0n) is 7.65. The van der Waals surface area contributed by atoms with Crippen molar-refractivity contribution < 1.29 is 9.18 Å². The number of carbonyl (C=O) groups excluding carboxylic acids is 1. The van der Waals surface area contributed by atoms with E-state index < -0.39 is 5.67 Å². The van der Waals surface area contributed by atoms with Crippen LogP contribution in [0.3, 0.4) is 0 Å². The molecule has 0 unspecified atom stereocenters. The van der Waals surface area contributed by atoms with E-state index in [1.54, 1.807) is 7.05 Å². The lowest BCUT2D eigenvalue weighted by atomic mass is 10.1. The van der Waals surface area contributed by atoms with E-state index in [0.717, 1.165) is 0 Å². The molecule has 2 nitrogen and oxygen atoms in total. The van der Waals surface area contributed by atoms with Crippen LogP contribution in [0.4, 0.5) is 4.39 Å². The minimum Gasteiger partial charge on any atom is -0.346 e. The Kier molecular flexibility index (Phi) is 3.49. The Morgan fingerprint density at radius 3 is 2.27 bits per heavy atom. The first-order chi connectivity index (χ1) is 4.83. The lowest BCUT2D eigenvalue weighted by Gasteiger charge is -2.19. The Hall–Kier alpha value is -0.600. The van der Waals surface area contributed by atoms with E-state index in [-0.39, 0.29) is 5.91 Å². The zero-order valence-corrected chi connectivity index (χ0v) is 7.65. The molecule has 0 atom stereocenters. The molecule has 0 rings (SSSR count). The third kappa shape index (κ3) is 5.83. The van der Waals surface area contributed by atoms with E-state index >= 15 is 0 Å². The Bertz CT molecular complexity index is 140. The molecular formula is C8H16FNO. The van der Waals surface area contributed by atoms with Crippen molar-refractivity contribution in [2.75, 3.05) is 13.6 Å². The summed E-state index contributed by atoms with van der Waals surface area (Å²) in [6.45, 7) is 4.99. The third-order valence-corrected chi connectivity index (χ3v) is 1.58. The summed E-state index contributed by atoms with van der Waals surface area (Å²) in [4.78, 5) is 12.2. The van der Waals surface area contributed by atoms with Crippen molar-refractivity contribution in [3.63, 3.8) is 0 Å². The van der Waals surface area contributed by atoms with Gasteiger partial charge in [0.25, 0.3) is 0 Å². The van der Waals surface area contributed by atoms with E-state index in [1.807, 2.05) is 0 Å². The molecule has 0 heterocycles. The second-order valence-corrected chi connectivity index (χ2v) is 3.41. The van der Waals surface area contributed by atoms with Crippen molar-refractivity contribution in [3.05, 3.63) is 0 Å². The second-order valence-electron chi connectivity index (χ2n) is 3.41. The van der Waals surface area contributed by atoms with Crippen LogP contribution in [0.15, 0.2) is 0 Å². The Morgan fingerprint density at radius 2 is 2.00 bits per heavy atom. The minimum atomic E-state index is -1.18. The first-order valence-corrected chi connectivity index (χ1v) is 3.73. The normalized spacial score (nSPS) is 11.4. The number of nitrogens with zero attached hydrogens (tertiary/aromatic N) is 1. The molecule has 0 aromatic heterocycles. The molecule has 3 heteroatoms. The van der Waals surface area contributed by atoms with Crippen molar-refractivity contribution in [1.29, 1.82) is 0 Å². The maximum atomic E-state index is 12.9. The van der Waals surface area contributed by atoms with Gasteiger partial charge in [-0.1, -0.05) is 0 Å². The molecule has 0 saturated carbocycles. The summed E-state index contributed by atoms with van der Waals surface area (Å²) in [5.41, 5.74) is -1.18. The largest absolute Gasteiger partial charge is 0.346 e. The van der Waals surface area contributed by atoms with Crippen molar-refractivity contribution in [2.45, 2.75) is 32.9 Å². The first-order valence-electron chi connectivity index (χ1n) is 3.73. The standard InChI is InChI=1S/C8H16FNO/c1-7(11)10(4)6-5-8(2,3)9/h5-6H2,1-4H3. The van der Waals surface area contributed by atoms with E-state index in [0.29, 0.717) is 13.0 Å². The molecular weight excluding hydrogens is 145 g/mol. The molecule has 0 N–H and O–H groups in total. The van der Waals surface area contributed by atoms with Crippen LogP contribution < -0.4 is 0 Å². The number of hydrogen-bond donors (Lipinski definition) is 0. The highest BCUT2D eigenvalue weighted by Crippen LogP contribution is 2.13. The zero-order chi connectivity index (χ0) is 9.07. The predicted molar refractivity (Wildman–Crippen MR) is 43.1 cm³/mol. The molecule has 0 spiro atoms. The van der Waals surface area contributed by atoms with Gasteiger partial charge in [-0.05, 0) is 20.3 Å². The Balaban J connectivity index is 3.63. The van der Waals surface area contributed by atoms with Crippen LogP contribution in [0.2, 0.25) is 0 Å². The van der Waals surface area contributed by atoms with Gasteiger partial charge in [-0.25, -0.2) is 4.39 Å². The number of carbonyl (C=O) groups is 1. The van der Waals surface area contributed by atoms with Crippen LogP contribution in [0.5, 0.6) is 0 Å². The van der Waals surface area contributed by atoms with Crippen molar-refractivity contribution in [3.8, 4) is 0 Å². The second kappa shape index (κ2) is 3.69. The molecule has 0 aromatic rings. The van der Waals surface area contributed by atoms with Crippen LogP contribution in [0.1, 0.15) is 27.2 Å². The van der Waals surface area contributed by atoms with Gasteiger partial charge in [0, 0.05) is 20.5 Å². The average molecular weight is 161 g/mol. The Labute approximate surface area is 67.4 Å². The van der Waals surface area contributed by atoms with Crippen molar-refractivity contribution in [1.82, 2.24) is 4.90 Å². The number of alkyl halides is 1. The summed E-state index contributed by atoms with van der Waals surface area (Å²) in [5.74, 6) is -0.0192. The topological polar surface area (TPSA) is 20.3 Å². The fourth-order valence-corrected chi connectivity index (χ4v) is 0.591. The molecule has 11 heavy (non-hydrogen) atoms. The van der Waals surface area contributed by atoms with Gasteiger partial charge in [-0.15, -0.1) is 0 Å². The molecule has 0 aromatic carbocycles. The van der Waals surface area contributed by atoms with Gasteiger partial charge in [0.15, 0.2) is 0 Å². The van der Waals surface area contributed by atoms with Crippen LogP contribution in [-0.2, 0) is 4.79 Å². The monoisotopic (exact) mass is 161 g/mol. The van der Waals surface area contributed by atoms with Gasteiger partial charge < -0.3 is 4.90 Å². The summed E-state index contributed by atoms with van der Waals surface area (Å²) in [5, 5.41) is 0. The van der Waals surface area contributed by atoms with Gasteiger partial charge in [0.1, 0.15) is 5.67 Å². The molecule has 0 bridgehead atoms. The van der Waals surface area contributed by atoms with Crippen LogP contribution >= 0.6 is 0 Å². The van der Waals surface area contributed by atoms with Gasteiger partial charge in [-0.2, -0.15) is 0 Å². The Morgan fingerprint density at radius 1 is 1.55 bits per heavy atom. The summed E-state index contributed by atoms with van der Waals surface area (Å²) >= 11 is 0. The highest BCUT2D eigenvalue weighted by atomic mass is 19.1. The van der Waals surface area contributed by atoms with E-state index in [4.69, 9.17) is 0 Å². The highest BCUT2D eigenvalue weighted by molar-refractivity contribution is 5.72. The molecule has 66 valence electrons. The molecule has 1 amide bonds. The fourth-order valence-electron chi connectivity index (χ4n) is 0.591. The van der Waals surface area contributed by atoms with Crippen LogP contribution in [-0.4, -0.2) is 30.1 Å². The number of halogens is 1. The van der Waals surface area contributed by atoms with E-state index in [1.165, 1.54) is 25.7 Å². The first kappa shape index (κ1) is 10.4. The fraction of sp³-hybridized carbons (Fsp3) is 0.875. The summed E-state index contributed by atoms with van der Waals surface area (Å²) in [6, 6.07) is 0. The molecule has 0 aliphatic heterocycles. The molecule has 0 fully saturated rings. The predicted octanol–water partition coefficient (Wildman–Crippen LogP) is 1.60. The number of hydrogen-bond acceptors (Lipinski definition) is 1. The van der Waals surface area contributed by atoms with E-state index in [2.05, 4.69) is 0 Å². The van der Waals surface area contributed by atoms with Crippen LogP contribution in [0.25, 0.3) is 0 Å². The summed E-state index contributed by atoms with van der Waals surface area (Å²) in [7, 11) is 1.67. The SMILES string of the molecule is CC(=O)N(C)CCC(C)(C)F. The lowest BCUT2D eigenvalue weighted by Crippen LogP contribution is -2.29. The van der Waals surface area contributed by atoms with Crippen LogP contribution in [0, 0.1) is 0 Å². The number of rotatable bonds is 3. The van der Waals surface area contributed by atoms with Crippen molar-refractivity contribution in [2.24, 2.45) is 0 Å². The number of amides is 1. The van der Waals surface area contributed by atoms with Gasteiger partial charge in [-0.3, -0.25) is 4.79 Å². The van der Waals surface area contributed by atoms with E-state index in [9.17, 15) is 9.18 Å². The maximum absolute atomic E-state index is 12.9. The minimum absolute atomic E-state index is 0.0192. The highest BCUT2D eigenvalue weighted by Gasteiger charge is 2.16. The smallest absolute Gasteiger partial charge is 0.219 e. The van der Waals surface area contributed by atoms with Gasteiger partial charge in [0.2, 0.25) is 5.91 Å². The summed E-state index contributed by atoms with van der Waals surface area (Å²) < 4.78 is 12.9. The quantitative estimate of drug-likeness (QED) is 0.615. The van der Waals surface area contributed by atoms with Gasteiger partial charge >= 0.3 is 0 Å².